The molecule has 1 atom stereocenters. The van der Waals surface area contributed by atoms with Crippen molar-refractivity contribution in [2.24, 2.45) is 0 Å². The first kappa shape index (κ1) is 19.3. The second kappa shape index (κ2) is 9.44. The first-order chi connectivity index (χ1) is 12.0. The quantitative estimate of drug-likeness (QED) is 0.746. The lowest BCUT2D eigenvalue weighted by Crippen LogP contribution is -2.32. The van der Waals surface area contributed by atoms with E-state index in [0.29, 0.717) is 24.0 Å². The van der Waals surface area contributed by atoms with Gasteiger partial charge < -0.3 is 14.6 Å². The van der Waals surface area contributed by atoms with Crippen molar-refractivity contribution in [3.8, 4) is 11.5 Å². The Hall–Kier alpha value is -2.04. The molecule has 4 heteroatoms. The smallest absolute Gasteiger partial charge is 0.161 e. The van der Waals surface area contributed by atoms with Crippen molar-refractivity contribution in [2.75, 3.05) is 20.8 Å². The van der Waals surface area contributed by atoms with Gasteiger partial charge in [0.05, 0.1) is 20.3 Å². The molecule has 0 saturated carbocycles. The molecule has 2 aromatic carbocycles. The van der Waals surface area contributed by atoms with Crippen LogP contribution in [-0.2, 0) is 6.54 Å². The molecule has 0 bridgehead atoms. The summed E-state index contributed by atoms with van der Waals surface area (Å²) in [4.78, 5) is 2.37. The average molecular weight is 343 g/mol. The molecule has 0 aliphatic heterocycles. The Kier molecular flexibility index (Phi) is 7.29. The molecule has 0 heterocycles. The van der Waals surface area contributed by atoms with Gasteiger partial charge in [0.15, 0.2) is 11.5 Å². The summed E-state index contributed by atoms with van der Waals surface area (Å²) in [7, 11) is 3.21. The fourth-order valence-corrected chi connectivity index (χ4v) is 2.85. The molecule has 0 amide bonds. The molecule has 4 nitrogen and oxygen atoms in total. The number of aliphatic hydroxyl groups excluding tert-OH is 1. The van der Waals surface area contributed by atoms with Gasteiger partial charge in [0.1, 0.15) is 0 Å². The molecule has 0 aliphatic carbocycles. The summed E-state index contributed by atoms with van der Waals surface area (Å²) >= 11 is 0. The van der Waals surface area contributed by atoms with Crippen molar-refractivity contribution in [1.29, 1.82) is 0 Å². The molecule has 0 radical (unpaired) electrons. The number of methoxy groups -OCH3 is 2. The first-order valence-electron chi connectivity index (χ1n) is 8.73. The fourth-order valence-electron chi connectivity index (χ4n) is 2.85. The third-order valence-electron chi connectivity index (χ3n) is 4.44. The van der Waals surface area contributed by atoms with Gasteiger partial charge >= 0.3 is 0 Å². The Morgan fingerprint density at radius 3 is 2.24 bits per heavy atom. The SMILES string of the molecule is COc1ccc(C(O)CCN(Cc2ccccc2)C(C)C)cc1OC. The summed E-state index contributed by atoms with van der Waals surface area (Å²) < 4.78 is 10.6. The van der Waals surface area contributed by atoms with E-state index in [0.717, 1.165) is 18.7 Å². The van der Waals surface area contributed by atoms with Crippen LogP contribution in [0.3, 0.4) is 0 Å². The molecule has 25 heavy (non-hydrogen) atoms. The maximum absolute atomic E-state index is 10.6. The van der Waals surface area contributed by atoms with Crippen LogP contribution < -0.4 is 9.47 Å². The van der Waals surface area contributed by atoms with Crippen LogP contribution in [0, 0.1) is 0 Å². The lowest BCUT2D eigenvalue weighted by atomic mass is 10.0. The third-order valence-corrected chi connectivity index (χ3v) is 4.44. The van der Waals surface area contributed by atoms with Gasteiger partial charge in [0.25, 0.3) is 0 Å². The highest BCUT2D eigenvalue weighted by atomic mass is 16.5. The summed E-state index contributed by atoms with van der Waals surface area (Å²) in [6, 6.07) is 16.4. The van der Waals surface area contributed by atoms with E-state index in [-0.39, 0.29) is 0 Å². The van der Waals surface area contributed by atoms with Crippen LogP contribution in [0.15, 0.2) is 48.5 Å². The largest absolute Gasteiger partial charge is 0.493 e. The maximum Gasteiger partial charge on any atom is 0.161 e. The van der Waals surface area contributed by atoms with Crippen molar-refractivity contribution in [3.05, 3.63) is 59.7 Å². The van der Waals surface area contributed by atoms with E-state index in [1.807, 2.05) is 24.3 Å². The first-order valence-corrected chi connectivity index (χ1v) is 8.73. The Morgan fingerprint density at radius 2 is 1.64 bits per heavy atom. The number of hydrogen-bond acceptors (Lipinski definition) is 4. The van der Waals surface area contributed by atoms with Crippen molar-refractivity contribution < 1.29 is 14.6 Å². The second-order valence-electron chi connectivity index (χ2n) is 6.47. The number of nitrogens with zero attached hydrogens (tertiary/aromatic N) is 1. The van der Waals surface area contributed by atoms with Gasteiger partial charge in [-0.05, 0) is 43.5 Å². The van der Waals surface area contributed by atoms with E-state index in [1.54, 1.807) is 14.2 Å². The van der Waals surface area contributed by atoms with Gasteiger partial charge in [0.2, 0.25) is 0 Å². The Balaban J connectivity index is 2.00. The van der Waals surface area contributed by atoms with Crippen molar-refractivity contribution >= 4 is 0 Å². The highest BCUT2D eigenvalue weighted by Gasteiger charge is 2.15. The lowest BCUT2D eigenvalue weighted by Gasteiger charge is -2.27. The van der Waals surface area contributed by atoms with Crippen molar-refractivity contribution in [3.63, 3.8) is 0 Å². The fraction of sp³-hybridized carbons (Fsp3) is 0.429. The molecule has 0 aliphatic rings. The minimum atomic E-state index is -0.531. The van der Waals surface area contributed by atoms with E-state index in [2.05, 4.69) is 43.0 Å². The Morgan fingerprint density at radius 1 is 0.960 bits per heavy atom. The summed E-state index contributed by atoms with van der Waals surface area (Å²) in [5.41, 5.74) is 2.14. The van der Waals surface area contributed by atoms with Crippen LogP contribution in [0.1, 0.15) is 37.5 Å². The summed E-state index contributed by atoms with van der Waals surface area (Å²) in [5.74, 6) is 1.32. The Labute approximate surface area is 151 Å². The average Bonchev–Trinajstić information content (AvgIpc) is 2.64. The summed E-state index contributed by atoms with van der Waals surface area (Å²) in [6.07, 6.45) is 0.136. The van der Waals surface area contributed by atoms with Crippen LogP contribution in [0.4, 0.5) is 0 Å². The van der Waals surface area contributed by atoms with E-state index in [9.17, 15) is 5.11 Å². The Bertz CT molecular complexity index is 643. The third kappa shape index (κ3) is 5.48. The zero-order valence-electron chi connectivity index (χ0n) is 15.6. The molecular weight excluding hydrogens is 314 g/mol. The number of rotatable bonds is 9. The van der Waals surface area contributed by atoms with Gasteiger partial charge in [-0.2, -0.15) is 0 Å². The van der Waals surface area contributed by atoms with Gasteiger partial charge in [-0.15, -0.1) is 0 Å². The molecule has 0 saturated heterocycles. The van der Waals surface area contributed by atoms with Gasteiger partial charge in [0, 0.05) is 19.1 Å². The predicted octanol–water partition coefficient (Wildman–Crippen LogP) is 4.04. The molecule has 0 spiro atoms. The number of aliphatic hydroxyl groups is 1. The number of hydrogen-bond donors (Lipinski definition) is 1. The minimum Gasteiger partial charge on any atom is -0.493 e. The monoisotopic (exact) mass is 343 g/mol. The molecule has 1 unspecified atom stereocenters. The lowest BCUT2D eigenvalue weighted by molar-refractivity contribution is 0.126. The maximum atomic E-state index is 10.6. The summed E-state index contributed by atoms with van der Waals surface area (Å²) in [5, 5.41) is 10.6. The van der Waals surface area contributed by atoms with Crippen LogP contribution >= 0.6 is 0 Å². The highest BCUT2D eigenvalue weighted by molar-refractivity contribution is 5.43. The molecular formula is C21H29NO3. The zero-order valence-corrected chi connectivity index (χ0v) is 15.6. The molecule has 0 aromatic heterocycles. The van der Waals surface area contributed by atoms with E-state index in [4.69, 9.17) is 9.47 Å². The normalized spacial score (nSPS) is 12.4. The predicted molar refractivity (Wildman–Crippen MR) is 101 cm³/mol. The van der Waals surface area contributed by atoms with E-state index >= 15 is 0 Å². The minimum absolute atomic E-state index is 0.415. The topological polar surface area (TPSA) is 41.9 Å². The number of benzene rings is 2. The molecule has 1 N–H and O–H groups in total. The molecule has 2 rings (SSSR count). The van der Waals surface area contributed by atoms with Crippen LogP contribution in [0.5, 0.6) is 11.5 Å². The number of ether oxygens (including phenoxy) is 2. The molecule has 136 valence electrons. The standard InChI is InChI=1S/C21H29NO3/c1-16(2)22(15-17-8-6-5-7-9-17)13-12-19(23)18-10-11-20(24-3)21(14-18)25-4/h5-11,14,16,19,23H,12-13,15H2,1-4H3. The van der Waals surface area contributed by atoms with E-state index < -0.39 is 6.10 Å². The summed E-state index contributed by atoms with van der Waals surface area (Å²) in [6.45, 7) is 6.08. The van der Waals surface area contributed by atoms with Crippen molar-refractivity contribution in [1.82, 2.24) is 4.90 Å². The second-order valence-corrected chi connectivity index (χ2v) is 6.47. The zero-order chi connectivity index (χ0) is 18.2. The van der Waals surface area contributed by atoms with Gasteiger partial charge in [-0.1, -0.05) is 36.4 Å². The van der Waals surface area contributed by atoms with E-state index in [1.165, 1.54) is 5.56 Å². The van der Waals surface area contributed by atoms with Crippen molar-refractivity contribution in [2.45, 2.75) is 39.0 Å². The molecule has 0 fully saturated rings. The van der Waals surface area contributed by atoms with Gasteiger partial charge in [-0.3, -0.25) is 4.90 Å². The van der Waals surface area contributed by atoms with Crippen LogP contribution in [-0.4, -0.2) is 36.8 Å². The van der Waals surface area contributed by atoms with Crippen LogP contribution in [0.25, 0.3) is 0 Å². The molecule has 2 aromatic rings. The van der Waals surface area contributed by atoms with Gasteiger partial charge in [-0.25, -0.2) is 0 Å². The highest BCUT2D eigenvalue weighted by Crippen LogP contribution is 2.31. The van der Waals surface area contributed by atoms with Crippen LogP contribution in [0.2, 0.25) is 0 Å².